The molecule has 0 unspecified atom stereocenters. The van der Waals surface area contributed by atoms with E-state index in [0.29, 0.717) is 17.3 Å². The number of carbonyl (C=O) groups excluding carboxylic acids is 1. The molecule has 7 heteroatoms. The number of carbonyl (C=O) groups is 1. The maximum Gasteiger partial charge on any atom is 0.273 e. The highest BCUT2D eigenvalue weighted by molar-refractivity contribution is 8.00. The maximum absolute atomic E-state index is 12.7. The second-order valence-corrected chi connectivity index (χ2v) is 6.77. The molecule has 1 atom stereocenters. The number of hydrogen-bond acceptors (Lipinski definition) is 5. The van der Waals surface area contributed by atoms with Gasteiger partial charge >= 0.3 is 0 Å². The van der Waals surface area contributed by atoms with E-state index in [2.05, 4.69) is 20.5 Å². The lowest BCUT2D eigenvalue weighted by atomic mass is 10.1. The van der Waals surface area contributed by atoms with E-state index in [0.717, 1.165) is 16.5 Å². The molecular weight excluding hydrogens is 336 g/mol. The van der Waals surface area contributed by atoms with Crippen molar-refractivity contribution in [2.24, 2.45) is 0 Å². The van der Waals surface area contributed by atoms with Crippen molar-refractivity contribution < 1.29 is 4.79 Å². The van der Waals surface area contributed by atoms with E-state index in [1.807, 2.05) is 49.4 Å². The number of thioether (sulfide) groups is 1. The van der Waals surface area contributed by atoms with Crippen molar-refractivity contribution in [1.82, 2.24) is 15.2 Å². The second-order valence-electron chi connectivity index (χ2n) is 5.58. The molecule has 3 aromatic rings. The quantitative estimate of drug-likeness (QED) is 0.687. The number of benzene rings is 2. The SMILES string of the molecule is CC[C@@H](Sc1nnc(C)c(=O)[nH]1)C(=O)Nc1cccc2ccccc12. The number of aromatic nitrogens is 3. The van der Waals surface area contributed by atoms with Crippen LogP contribution in [0.15, 0.2) is 52.4 Å². The van der Waals surface area contributed by atoms with Crippen LogP contribution in [0.1, 0.15) is 19.0 Å². The van der Waals surface area contributed by atoms with Crippen LogP contribution in [-0.4, -0.2) is 26.3 Å². The molecule has 0 spiro atoms. The predicted octanol–water partition coefficient (Wildman–Crippen LogP) is 3.14. The molecule has 0 aliphatic carbocycles. The molecule has 0 aliphatic rings. The Bertz CT molecular complexity index is 965. The number of fused-ring (bicyclic) bond motifs is 1. The number of hydrogen-bond donors (Lipinski definition) is 2. The Morgan fingerprint density at radius 3 is 2.72 bits per heavy atom. The lowest BCUT2D eigenvalue weighted by molar-refractivity contribution is -0.115. The summed E-state index contributed by atoms with van der Waals surface area (Å²) in [5, 5.41) is 12.7. The second kappa shape index (κ2) is 7.48. The zero-order chi connectivity index (χ0) is 17.8. The maximum atomic E-state index is 12.7. The molecule has 0 fully saturated rings. The van der Waals surface area contributed by atoms with Gasteiger partial charge in [0.1, 0.15) is 5.69 Å². The van der Waals surface area contributed by atoms with Crippen molar-refractivity contribution >= 4 is 34.1 Å². The molecule has 2 aromatic carbocycles. The Morgan fingerprint density at radius 2 is 1.96 bits per heavy atom. The summed E-state index contributed by atoms with van der Waals surface area (Å²) in [6, 6.07) is 13.7. The minimum atomic E-state index is -0.383. The topological polar surface area (TPSA) is 87.7 Å². The van der Waals surface area contributed by atoms with Crippen molar-refractivity contribution in [3.63, 3.8) is 0 Å². The third-order valence-electron chi connectivity index (χ3n) is 3.80. The van der Waals surface area contributed by atoms with Crippen molar-refractivity contribution in [1.29, 1.82) is 0 Å². The van der Waals surface area contributed by atoms with Crippen LogP contribution in [0, 0.1) is 6.92 Å². The number of nitrogens with one attached hydrogen (secondary N) is 2. The molecule has 0 saturated heterocycles. The average molecular weight is 354 g/mol. The first-order chi connectivity index (χ1) is 12.1. The number of amides is 1. The first-order valence-corrected chi connectivity index (χ1v) is 8.85. The highest BCUT2D eigenvalue weighted by Crippen LogP contribution is 2.26. The van der Waals surface area contributed by atoms with E-state index in [1.54, 1.807) is 6.92 Å². The Kier molecular flexibility index (Phi) is 5.14. The van der Waals surface area contributed by atoms with Gasteiger partial charge in [0.15, 0.2) is 5.16 Å². The number of nitrogens with zero attached hydrogens (tertiary/aromatic N) is 2. The third-order valence-corrected chi connectivity index (χ3v) is 5.04. The Hall–Kier alpha value is -2.67. The van der Waals surface area contributed by atoms with Gasteiger partial charge in [0.05, 0.1) is 5.25 Å². The predicted molar refractivity (Wildman–Crippen MR) is 99.9 cm³/mol. The van der Waals surface area contributed by atoms with Crippen LogP contribution < -0.4 is 10.9 Å². The van der Waals surface area contributed by atoms with Crippen molar-refractivity contribution in [3.05, 3.63) is 58.5 Å². The van der Waals surface area contributed by atoms with Crippen molar-refractivity contribution in [3.8, 4) is 0 Å². The zero-order valence-corrected chi connectivity index (χ0v) is 14.8. The molecule has 0 aliphatic heterocycles. The monoisotopic (exact) mass is 354 g/mol. The van der Waals surface area contributed by atoms with Crippen LogP contribution in [-0.2, 0) is 4.79 Å². The van der Waals surface area contributed by atoms with Crippen LogP contribution in [0.5, 0.6) is 0 Å². The number of aryl methyl sites for hydroxylation is 1. The van der Waals surface area contributed by atoms with E-state index in [4.69, 9.17) is 0 Å². The minimum Gasteiger partial charge on any atom is -0.325 e. The summed E-state index contributed by atoms with van der Waals surface area (Å²) in [6.45, 7) is 3.50. The van der Waals surface area contributed by atoms with E-state index in [9.17, 15) is 9.59 Å². The lowest BCUT2D eigenvalue weighted by Crippen LogP contribution is -2.25. The molecule has 0 saturated carbocycles. The summed E-state index contributed by atoms with van der Waals surface area (Å²) in [6.07, 6.45) is 0.596. The van der Waals surface area contributed by atoms with Gasteiger partial charge in [-0.25, -0.2) is 0 Å². The van der Waals surface area contributed by atoms with E-state index in [1.165, 1.54) is 11.8 Å². The molecule has 0 bridgehead atoms. The molecule has 1 heterocycles. The van der Waals surface area contributed by atoms with Crippen molar-refractivity contribution in [2.45, 2.75) is 30.7 Å². The molecule has 1 amide bonds. The molecule has 0 radical (unpaired) electrons. The highest BCUT2D eigenvalue weighted by atomic mass is 32.2. The molecule has 25 heavy (non-hydrogen) atoms. The summed E-state index contributed by atoms with van der Waals surface area (Å²) in [7, 11) is 0. The van der Waals surface area contributed by atoms with E-state index >= 15 is 0 Å². The van der Waals surface area contributed by atoms with Crippen LogP contribution >= 0.6 is 11.8 Å². The average Bonchev–Trinajstić information content (AvgIpc) is 2.63. The van der Waals surface area contributed by atoms with Gasteiger partial charge in [0, 0.05) is 11.1 Å². The summed E-state index contributed by atoms with van der Waals surface area (Å²) in [5.41, 5.74) is 0.782. The molecular formula is C18H18N4O2S. The molecule has 1 aromatic heterocycles. The first kappa shape index (κ1) is 17.2. The van der Waals surface area contributed by atoms with Gasteiger partial charge in [-0.3, -0.25) is 14.6 Å². The summed E-state index contributed by atoms with van der Waals surface area (Å²) < 4.78 is 0. The fourth-order valence-corrected chi connectivity index (χ4v) is 3.28. The van der Waals surface area contributed by atoms with Gasteiger partial charge in [-0.1, -0.05) is 55.1 Å². The normalized spacial score (nSPS) is 12.1. The smallest absolute Gasteiger partial charge is 0.273 e. The molecule has 128 valence electrons. The number of anilines is 1. The van der Waals surface area contributed by atoms with Crippen LogP contribution in [0.4, 0.5) is 5.69 Å². The number of rotatable bonds is 5. The van der Waals surface area contributed by atoms with Gasteiger partial charge in [0.25, 0.3) is 5.56 Å². The van der Waals surface area contributed by atoms with Gasteiger partial charge in [-0.05, 0) is 24.8 Å². The van der Waals surface area contributed by atoms with E-state index < -0.39 is 0 Å². The lowest BCUT2D eigenvalue weighted by Gasteiger charge is -2.15. The van der Waals surface area contributed by atoms with Gasteiger partial charge in [-0.2, -0.15) is 0 Å². The summed E-state index contributed by atoms with van der Waals surface area (Å²) >= 11 is 1.20. The summed E-state index contributed by atoms with van der Waals surface area (Å²) in [4.78, 5) is 27.0. The Morgan fingerprint density at radius 1 is 1.20 bits per heavy atom. The summed E-state index contributed by atoms with van der Waals surface area (Å²) in [5.74, 6) is -0.132. The number of aromatic amines is 1. The molecule has 3 rings (SSSR count). The van der Waals surface area contributed by atoms with Crippen LogP contribution in [0.3, 0.4) is 0 Å². The fraction of sp³-hybridized carbons (Fsp3) is 0.222. The largest absolute Gasteiger partial charge is 0.325 e. The van der Waals surface area contributed by atoms with Crippen molar-refractivity contribution in [2.75, 3.05) is 5.32 Å². The zero-order valence-electron chi connectivity index (χ0n) is 13.9. The first-order valence-electron chi connectivity index (χ1n) is 7.97. The fourth-order valence-electron chi connectivity index (χ4n) is 2.44. The molecule has 6 nitrogen and oxygen atoms in total. The minimum absolute atomic E-state index is 0.132. The van der Waals surface area contributed by atoms with Gasteiger partial charge < -0.3 is 5.32 Å². The Balaban J connectivity index is 1.80. The van der Waals surface area contributed by atoms with Crippen LogP contribution in [0.2, 0.25) is 0 Å². The Labute approximate surface area is 149 Å². The van der Waals surface area contributed by atoms with Gasteiger partial charge in [-0.15, -0.1) is 10.2 Å². The third kappa shape index (κ3) is 3.88. The van der Waals surface area contributed by atoms with E-state index in [-0.39, 0.29) is 16.7 Å². The highest BCUT2D eigenvalue weighted by Gasteiger charge is 2.20. The number of H-pyrrole nitrogens is 1. The van der Waals surface area contributed by atoms with Gasteiger partial charge in [0.2, 0.25) is 5.91 Å². The molecule has 2 N–H and O–H groups in total. The van der Waals surface area contributed by atoms with Crippen LogP contribution in [0.25, 0.3) is 10.8 Å². The standard InChI is InChI=1S/C18H18N4O2S/c1-3-15(25-18-20-16(23)11(2)21-22-18)17(24)19-14-10-6-8-12-7-4-5-9-13(12)14/h4-10,15H,3H2,1-2H3,(H,19,24)(H,20,22,23)/t15-/m1/s1.